The molecule has 2 aromatic carbocycles. The van der Waals surface area contributed by atoms with E-state index in [4.69, 9.17) is 28.2 Å². The molecule has 0 fully saturated rings. The molecule has 0 spiro atoms. The lowest BCUT2D eigenvalue weighted by molar-refractivity contribution is 0.0954. The second-order valence-corrected chi connectivity index (χ2v) is 7.56. The minimum Gasteiger partial charge on any atom is -0.352 e. The molecule has 1 heterocycles. The predicted octanol–water partition coefficient (Wildman–Crippen LogP) is 5.40. The van der Waals surface area contributed by atoms with Crippen LogP contribution >= 0.6 is 34.5 Å². The van der Waals surface area contributed by atoms with E-state index >= 15 is 0 Å². The number of aryl methyl sites for hydroxylation is 1. The summed E-state index contributed by atoms with van der Waals surface area (Å²) in [5.41, 5.74) is 2.50. The number of amides is 1. The molecule has 25 heavy (non-hydrogen) atoms. The zero-order chi connectivity index (χ0) is 17.8. The van der Waals surface area contributed by atoms with Crippen LogP contribution in [0.3, 0.4) is 0 Å². The number of carbonyl (C=O) groups is 1. The first-order chi connectivity index (χ1) is 12.1. The van der Waals surface area contributed by atoms with Gasteiger partial charge in [0.05, 0.1) is 26.3 Å². The highest BCUT2D eigenvalue weighted by atomic mass is 35.5. The number of hydrogen-bond acceptors (Lipinski definition) is 3. The first-order valence-electron chi connectivity index (χ1n) is 7.80. The Hall–Kier alpha value is -1.88. The fraction of sp³-hybridized carbons (Fsp3) is 0.158. The van der Waals surface area contributed by atoms with Crippen molar-refractivity contribution in [1.82, 2.24) is 10.3 Å². The molecule has 0 aliphatic heterocycles. The average Bonchev–Trinajstić information content (AvgIpc) is 2.98. The van der Waals surface area contributed by atoms with E-state index < -0.39 is 0 Å². The van der Waals surface area contributed by atoms with Crippen LogP contribution in [0.2, 0.25) is 10.0 Å². The van der Waals surface area contributed by atoms with Crippen LogP contribution in [0.4, 0.5) is 0 Å². The molecule has 0 atom stereocenters. The Kier molecular flexibility index (Phi) is 5.74. The van der Waals surface area contributed by atoms with Gasteiger partial charge in [-0.05, 0) is 19.1 Å². The van der Waals surface area contributed by atoms with E-state index in [2.05, 4.69) is 24.4 Å². The van der Waals surface area contributed by atoms with Gasteiger partial charge in [-0.2, -0.15) is 0 Å². The van der Waals surface area contributed by atoms with Gasteiger partial charge in [0.2, 0.25) is 0 Å². The maximum atomic E-state index is 12.2. The number of rotatable bonds is 5. The van der Waals surface area contributed by atoms with E-state index in [1.165, 1.54) is 4.88 Å². The zero-order valence-electron chi connectivity index (χ0n) is 13.6. The number of thiazole rings is 1. The van der Waals surface area contributed by atoms with E-state index in [1.54, 1.807) is 29.5 Å². The molecule has 0 bridgehead atoms. The van der Waals surface area contributed by atoms with Gasteiger partial charge in [-0.25, -0.2) is 4.98 Å². The summed E-state index contributed by atoms with van der Waals surface area (Å²) in [4.78, 5) is 18.1. The number of nitrogens with zero attached hydrogens (tertiary/aromatic N) is 1. The van der Waals surface area contributed by atoms with Crippen molar-refractivity contribution in [1.29, 1.82) is 0 Å². The van der Waals surface area contributed by atoms with Gasteiger partial charge < -0.3 is 5.32 Å². The average molecular weight is 391 g/mol. The molecule has 1 aromatic heterocycles. The van der Waals surface area contributed by atoms with Crippen LogP contribution in [0.1, 0.15) is 20.2 Å². The standard InChI is InChI=1S/C19H16Cl2N2OS/c1-12-18(13-6-3-2-4-7-13)23-16(25-12)10-11-22-19(24)14-8-5-9-15(20)17(14)21/h2-9H,10-11H2,1H3,(H,22,24). The zero-order valence-corrected chi connectivity index (χ0v) is 15.9. The van der Waals surface area contributed by atoms with Crippen molar-refractivity contribution in [3.8, 4) is 11.3 Å². The Balaban J connectivity index is 1.63. The highest BCUT2D eigenvalue weighted by molar-refractivity contribution is 7.12. The van der Waals surface area contributed by atoms with Gasteiger partial charge in [0.15, 0.2) is 0 Å². The van der Waals surface area contributed by atoms with Crippen molar-refractivity contribution >= 4 is 40.4 Å². The number of hydrogen-bond donors (Lipinski definition) is 1. The lowest BCUT2D eigenvalue weighted by Gasteiger charge is -2.06. The fourth-order valence-corrected chi connectivity index (χ4v) is 3.82. The van der Waals surface area contributed by atoms with Gasteiger partial charge in [0.1, 0.15) is 0 Å². The van der Waals surface area contributed by atoms with Crippen LogP contribution in [0.15, 0.2) is 48.5 Å². The van der Waals surface area contributed by atoms with Crippen LogP contribution < -0.4 is 5.32 Å². The smallest absolute Gasteiger partial charge is 0.252 e. The van der Waals surface area contributed by atoms with Crippen LogP contribution in [0.5, 0.6) is 0 Å². The van der Waals surface area contributed by atoms with E-state index in [-0.39, 0.29) is 10.9 Å². The molecule has 128 valence electrons. The Morgan fingerprint density at radius 3 is 2.64 bits per heavy atom. The Morgan fingerprint density at radius 2 is 1.88 bits per heavy atom. The summed E-state index contributed by atoms with van der Waals surface area (Å²) in [6.45, 7) is 2.55. The molecule has 1 amide bonds. The molecule has 3 nitrogen and oxygen atoms in total. The molecule has 1 N–H and O–H groups in total. The third-order valence-corrected chi connectivity index (χ3v) is 5.56. The van der Waals surface area contributed by atoms with Gasteiger partial charge in [-0.15, -0.1) is 11.3 Å². The first-order valence-corrected chi connectivity index (χ1v) is 9.37. The Labute approximate surface area is 160 Å². The second-order valence-electron chi connectivity index (χ2n) is 5.49. The Bertz CT molecular complexity index is 894. The van der Waals surface area contributed by atoms with Gasteiger partial charge >= 0.3 is 0 Å². The van der Waals surface area contributed by atoms with Gasteiger partial charge in [0.25, 0.3) is 5.91 Å². The summed E-state index contributed by atoms with van der Waals surface area (Å²) in [7, 11) is 0. The summed E-state index contributed by atoms with van der Waals surface area (Å²) in [5.74, 6) is -0.232. The summed E-state index contributed by atoms with van der Waals surface area (Å²) in [5, 5.41) is 4.51. The molecule has 0 unspecified atom stereocenters. The minimum atomic E-state index is -0.232. The highest BCUT2D eigenvalue weighted by Gasteiger charge is 2.13. The van der Waals surface area contributed by atoms with Crippen molar-refractivity contribution in [2.45, 2.75) is 13.3 Å². The molecule has 0 radical (unpaired) electrons. The molecule has 6 heteroatoms. The topological polar surface area (TPSA) is 42.0 Å². The quantitative estimate of drug-likeness (QED) is 0.633. The molecule has 0 saturated heterocycles. The largest absolute Gasteiger partial charge is 0.352 e. The predicted molar refractivity (Wildman–Crippen MR) is 105 cm³/mol. The monoisotopic (exact) mass is 390 g/mol. The molecular weight excluding hydrogens is 375 g/mol. The molecule has 0 aliphatic carbocycles. The van der Waals surface area contributed by atoms with Crippen molar-refractivity contribution in [2.24, 2.45) is 0 Å². The van der Waals surface area contributed by atoms with Crippen LogP contribution in [-0.2, 0) is 6.42 Å². The molecule has 3 aromatic rings. The number of aromatic nitrogens is 1. The van der Waals surface area contributed by atoms with E-state index in [9.17, 15) is 4.79 Å². The van der Waals surface area contributed by atoms with Crippen LogP contribution in [-0.4, -0.2) is 17.4 Å². The van der Waals surface area contributed by atoms with Crippen LogP contribution in [0.25, 0.3) is 11.3 Å². The summed E-state index contributed by atoms with van der Waals surface area (Å²) < 4.78 is 0. The number of nitrogens with one attached hydrogen (secondary N) is 1. The lowest BCUT2D eigenvalue weighted by atomic mass is 10.1. The number of halogens is 2. The third kappa shape index (κ3) is 4.21. The van der Waals surface area contributed by atoms with E-state index in [0.717, 1.165) is 16.3 Å². The SMILES string of the molecule is Cc1sc(CCNC(=O)c2cccc(Cl)c2Cl)nc1-c1ccccc1. The lowest BCUT2D eigenvalue weighted by Crippen LogP contribution is -2.26. The van der Waals surface area contributed by atoms with Gasteiger partial charge in [-0.3, -0.25) is 4.79 Å². The third-order valence-electron chi connectivity index (χ3n) is 3.71. The van der Waals surface area contributed by atoms with Crippen molar-refractivity contribution in [2.75, 3.05) is 6.54 Å². The van der Waals surface area contributed by atoms with Crippen molar-refractivity contribution in [3.63, 3.8) is 0 Å². The molecular formula is C19H16Cl2N2OS. The fourth-order valence-electron chi connectivity index (χ4n) is 2.48. The molecule has 0 aliphatic rings. The van der Waals surface area contributed by atoms with Crippen LogP contribution in [0, 0.1) is 6.92 Å². The normalized spacial score (nSPS) is 10.7. The summed E-state index contributed by atoms with van der Waals surface area (Å²) in [6, 6.07) is 15.1. The number of carbonyl (C=O) groups excluding carboxylic acids is 1. The van der Waals surface area contributed by atoms with Gasteiger partial charge in [-0.1, -0.05) is 59.6 Å². The van der Waals surface area contributed by atoms with Crippen molar-refractivity contribution in [3.05, 3.63) is 74.0 Å². The van der Waals surface area contributed by atoms with E-state index in [0.29, 0.717) is 23.6 Å². The molecule has 3 rings (SSSR count). The second kappa shape index (κ2) is 8.00. The summed E-state index contributed by atoms with van der Waals surface area (Å²) in [6.07, 6.45) is 0.669. The van der Waals surface area contributed by atoms with Crippen molar-refractivity contribution < 1.29 is 4.79 Å². The van der Waals surface area contributed by atoms with E-state index in [1.807, 2.05) is 18.2 Å². The number of benzene rings is 2. The minimum absolute atomic E-state index is 0.232. The maximum absolute atomic E-state index is 12.2. The molecule has 0 saturated carbocycles. The Morgan fingerprint density at radius 1 is 1.12 bits per heavy atom. The summed E-state index contributed by atoms with van der Waals surface area (Å²) >= 11 is 13.7. The highest BCUT2D eigenvalue weighted by Crippen LogP contribution is 2.28. The first kappa shape index (κ1) is 17.9. The maximum Gasteiger partial charge on any atom is 0.252 e. The van der Waals surface area contributed by atoms with Gasteiger partial charge in [0, 0.05) is 23.4 Å².